The average molecular weight is 448 g/mol. The number of amides is 1. The Balaban J connectivity index is 1.93. The van der Waals surface area contributed by atoms with Crippen LogP contribution in [0.4, 0.5) is 24.5 Å². The van der Waals surface area contributed by atoms with Gasteiger partial charge in [0.05, 0.1) is 4.92 Å². The van der Waals surface area contributed by atoms with Crippen molar-refractivity contribution in [3.63, 3.8) is 0 Å². The summed E-state index contributed by atoms with van der Waals surface area (Å²) in [5, 5.41) is 13.0. The molecule has 2 aromatic rings. The number of nitrogens with zero attached hydrogens (tertiary/aromatic N) is 3. The lowest BCUT2D eigenvalue weighted by Gasteiger charge is -2.14. The van der Waals surface area contributed by atoms with E-state index in [0.717, 1.165) is 6.07 Å². The van der Waals surface area contributed by atoms with Gasteiger partial charge < -0.3 is 9.73 Å². The Morgan fingerprint density at radius 3 is 2.50 bits per heavy atom. The fraction of sp³-hybridized carbons (Fsp3) is 0.375. The molecule has 1 saturated heterocycles. The lowest BCUT2D eigenvalue weighted by molar-refractivity contribution is -0.384. The molecule has 0 atom stereocenters. The first kappa shape index (κ1) is 21.7. The van der Waals surface area contributed by atoms with Crippen LogP contribution in [0.25, 0.3) is 0 Å². The number of pyridine rings is 1. The molecule has 1 aliphatic heterocycles. The maximum Gasteiger partial charge on any atom is 0.433 e. The second kappa shape index (κ2) is 7.68. The third kappa shape index (κ3) is 4.14. The van der Waals surface area contributed by atoms with Crippen molar-refractivity contribution in [3.05, 3.63) is 45.7 Å². The molecule has 0 radical (unpaired) electrons. The Morgan fingerprint density at radius 1 is 1.30 bits per heavy atom. The summed E-state index contributed by atoms with van der Waals surface area (Å²) in [6.45, 7) is 1.95. The van der Waals surface area contributed by atoms with Crippen LogP contribution in [0.15, 0.2) is 27.6 Å². The lowest BCUT2D eigenvalue weighted by atomic mass is 10.2. The third-order valence-corrected chi connectivity index (χ3v) is 6.40. The minimum absolute atomic E-state index is 0.0905. The van der Waals surface area contributed by atoms with Crippen LogP contribution < -0.4 is 5.32 Å². The third-order valence-electron chi connectivity index (χ3n) is 4.40. The van der Waals surface area contributed by atoms with Crippen molar-refractivity contribution in [3.8, 4) is 0 Å². The zero-order valence-corrected chi connectivity index (χ0v) is 16.2. The summed E-state index contributed by atoms with van der Waals surface area (Å²) in [7, 11) is -3.91. The molecule has 0 bridgehead atoms. The largest absolute Gasteiger partial charge is 0.455 e. The zero-order chi connectivity index (χ0) is 22.3. The van der Waals surface area contributed by atoms with E-state index in [-0.39, 0.29) is 10.7 Å². The van der Waals surface area contributed by atoms with Crippen LogP contribution in [-0.4, -0.2) is 41.6 Å². The van der Waals surface area contributed by atoms with Crippen molar-refractivity contribution in [2.24, 2.45) is 0 Å². The first-order chi connectivity index (χ1) is 13.9. The summed E-state index contributed by atoms with van der Waals surface area (Å²) in [5.74, 6) is -1.76. The Morgan fingerprint density at radius 2 is 1.93 bits per heavy atom. The quantitative estimate of drug-likeness (QED) is 0.549. The summed E-state index contributed by atoms with van der Waals surface area (Å²) >= 11 is 0. The first-order valence-electron chi connectivity index (χ1n) is 8.55. The van der Waals surface area contributed by atoms with Gasteiger partial charge in [0.2, 0.25) is 10.0 Å². The Kier molecular flexibility index (Phi) is 5.56. The van der Waals surface area contributed by atoms with E-state index in [2.05, 4.69) is 4.98 Å². The number of hydrogen-bond donors (Lipinski definition) is 1. The van der Waals surface area contributed by atoms with Crippen molar-refractivity contribution < 1.29 is 35.7 Å². The molecule has 1 fully saturated rings. The van der Waals surface area contributed by atoms with E-state index < -0.39 is 49.9 Å². The molecule has 0 aliphatic carbocycles. The first-order valence-corrected chi connectivity index (χ1v) is 9.99. The van der Waals surface area contributed by atoms with Gasteiger partial charge in [0.1, 0.15) is 28.2 Å². The number of aryl methyl sites for hydroxylation is 1. The predicted molar refractivity (Wildman–Crippen MR) is 95.3 cm³/mol. The van der Waals surface area contributed by atoms with E-state index in [1.54, 1.807) is 0 Å². The number of halogens is 3. The number of hydrogen-bond acceptors (Lipinski definition) is 7. The highest BCUT2D eigenvalue weighted by molar-refractivity contribution is 7.89. The van der Waals surface area contributed by atoms with Gasteiger partial charge in [-0.2, -0.15) is 17.5 Å². The molecule has 0 unspecified atom stereocenters. The molecule has 2 aromatic heterocycles. The molecule has 1 N–H and O–H groups in total. The van der Waals surface area contributed by atoms with E-state index in [9.17, 15) is 36.5 Å². The number of nitro groups is 1. The van der Waals surface area contributed by atoms with Crippen molar-refractivity contribution in [2.75, 3.05) is 18.4 Å². The summed E-state index contributed by atoms with van der Waals surface area (Å²) in [6.07, 6.45) is -3.14. The van der Waals surface area contributed by atoms with Gasteiger partial charge >= 0.3 is 11.9 Å². The molecule has 3 heterocycles. The number of rotatable bonds is 5. The molecular formula is C16H15F3N4O6S. The van der Waals surface area contributed by atoms with Gasteiger partial charge in [0, 0.05) is 19.2 Å². The van der Waals surface area contributed by atoms with Gasteiger partial charge in [-0.25, -0.2) is 13.4 Å². The van der Waals surface area contributed by atoms with Crippen molar-refractivity contribution in [2.45, 2.75) is 30.8 Å². The maximum atomic E-state index is 12.9. The molecule has 162 valence electrons. The minimum Gasteiger partial charge on any atom is -0.455 e. The Hall–Kier alpha value is -3.00. The van der Waals surface area contributed by atoms with Crippen molar-refractivity contribution in [1.29, 1.82) is 0 Å². The molecule has 14 heteroatoms. The van der Waals surface area contributed by atoms with Crippen LogP contribution in [0.2, 0.25) is 0 Å². The number of nitrogens with one attached hydrogen (secondary N) is 1. The Bertz CT molecular complexity index is 1110. The summed E-state index contributed by atoms with van der Waals surface area (Å²) in [6, 6.07) is 1.25. The van der Waals surface area contributed by atoms with Crippen molar-refractivity contribution in [1.82, 2.24) is 9.29 Å². The smallest absolute Gasteiger partial charge is 0.433 e. The molecule has 10 nitrogen and oxygen atoms in total. The van der Waals surface area contributed by atoms with Crippen LogP contribution in [0, 0.1) is 17.0 Å². The molecule has 3 rings (SSSR count). The van der Waals surface area contributed by atoms with Crippen LogP contribution >= 0.6 is 0 Å². The molecule has 1 amide bonds. The number of carbonyl (C=O) groups excluding carboxylic acids is 1. The fourth-order valence-corrected chi connectivity index (χ4v) is 4.61. The lowest BCUT2D eigenvalue weighted by Crippen LogP contribution is -2.28. The Labute approximate surface area is 167 Å². The second-order valence-electron chi connectivity index (χ2n) is 6.44. The molecule has 1 aliphatic rings. The highest BCUT2D eigenvalue weighted by Gasteiger charge is 2.35. The monoisotopic (exact) mass is 448 g/mol. The maximum absolute atomic E-state index is 12.9. The topological polar surface area (TPSA) is 136 Å². The second-order valence-corrected chi connectivity index (χ2v) is 8.34. The molecule has 30 heavy (non-hydrogen) atoms. The zero-order valence-electron chi connectivity index (χ0n) is 15.4. The van der Waals surface area contributed by atoms with Crippen LogP contribution in [-0.2, 0) is 16.2 Å². The summed E-state index contributed by atoms with van der Waals surface area (Å²) in [5.41, 5.74) is -3.08. The van der Waals surface area contributed by atoms with Gasteiger partial charge in [-0.1, -0.05) is 0 Å². The average Bonchev–Trinajstić information content (AvgIpc) is 3.31. The normalized spacial score (nSPS) is 15.3. The fourth-order valence-electron chi connectivity index (χ4n) is 2.93. The number of sulfonamides is 1. The van der Waals surface area contributed by atoms with Gasteiger partial charge in [-0.05, 0) is 25.8 Å². The van der Waals surface area contributed by atoms with Gasteiger partial charge in [0.15, 0.2) is 5.76 Å². The van der Waals surface area contributed by atoms with Gasteiger partial charge in [0.25, 0.3) is 5.91 Å². The van der Waals surface area contributed by atoms with Gasteiger partial charge in [-0.15, -0.1) is 0 Å². The number of carbonyl (C=O) groups is 1. The minimum atomic E-state index is -4.90. The van der Waals surface area contributed by atoms with E-state index in [1.807, 2.05) is 5.32 Å². The van der Waals surface area contributed by atoms with Crippen molar-refractivity contribution >= 4 is 27.3 Å². The summed E-state index contributed by atoms with van der Waals surface area (Å²) in [4.78, 5) is 25.2. The van der Waals surface area contributed by atoms with E-state index >= 15 is 0 Å². The number of aromatic nitrogens is 1. The number of furan rings is 1. The highest BCUT2D eigenvalue weighted by atomic mass is 32.2. The molecule has 0 saturated carbocycles. The van der Waals surface area contributed by atoms with Crippen LogP contribution in [0.1, 0.15) is 34.9 Å². The van der Waals surface area contributed by atoms with Gasteiger partial charge in [-0.3, -0.25) is 14.9 Å². The number of anilines is 1. The van der Waals surface area contributed by atoms with Crippen LogP contribution in [0.5, 0.6) is 0 Å². The highest BCUT2D eigenvalue weighted by Crippen LogP contribution is 2.33. The molecule has 0 spiro atoms. The van der Waals surface area contributed by atoms with E-state index in [0.29, 0.717) is 38.2 Å². The predicted octanol–water partition coefficient (Wildman–Crippen LogP) is 2.95. The van der Waals surface area contributed by atoms with E-state index in [1.165, 1.54) is 11.2 Å². The summed E-state index contributed by atoms with van der Waals surface area (Å²) < 4.78 is 70.3. The molecule has 0 aromatic carbocycles. The van der Waals surface area contributed by atoms with Crippen LogP contribution in [0.3, 0.4) is 0 Å². The number of alkyl halides is 3. The standard InChI is InChI=1S/C16H15F3N4O6S/c1-9-13(30(27,28)22-4-2-3-5-22)7-12(29-9)15(24)21-10-6-14(16(17,18)19)20-8-11(10)23(25)26/h6-8H,2-5H2,1H3,(H,20,21,24). The SMILES string of the molecule is Cc1oc(C(=O)Nc2cc(C(F)(F)F)ncc2[N+](=O)[O-])cc1S(=O)(=O)N1CCCC1. The molecular weight excluding hydrogens is 433 g/mol. The van der Waals surface area contributed by atoms with E-state index in [4.69, 9.17) is 4.42 Å².